The molecule has 4 rings (SSSR count). The highest BCUT2D eigenvalue weighted by molar-refractivity contribution is 5.93. The molecule has 0 unspecified atom stereocenters. The minimum atomic E-state index is -0.737. The Kier molecular flexibility index (Phi) is 6.49. The maximum absolute atomic E-state index is 14.2. The van der Waals surface area contributed by atoms with Crippen molar-refractivity contribution in [1.29, 1.82) is 0 Å². The van der Waals surface area contributed by atoms with Crippen LogP contribution in [0.2, 0.25) is 0 Å². The van der Waals surface area contributed by atoms with E-state index in [-0.39, 0.29) is 23.3 Å². The molecule has 2 amide bonds. The number of nitrogens with zero attached hydrogens (tertiary/aromatic N) is 4. The van der Waals surface area contributed by atoms with Gasteiger partial charge in [-0.05, 0) is 36.5 Å². The van der Waals surface area contributed by atoms with Gasteiger partial charge in [0.25, 0.3) is 5.91 Å². The topological polar surface area (TPSA) is 66.4 Å². The first kappa shape index (κ1) is 22.6. The molecule has 0 radical (unpaired) electrons. The molecule has 170 valence electrons. The number of aromatic nitrogens is 2. The highest BCUT2D eigenvalue weighted by Gasteiger charge is 2.44. The molecule has 1 saturated heterocycles. The second-order valence-corrected chi connectivity index (χ2v) is 8.75. The van der Waals surface area contributed by atoms with Crippen LogP contribution in [0.4, 0.5) is 4.39 Å². The van der Waals surface area contributed by atoms with E-state index in [2.05, 4.69) is 9.97 Å². The zero-order valence-corrected chi connectivity index (χ0v) is 18.9. The predicted octanol–water partition coefficient (Wildman–Crippen LogP) is 3.84. The Labute approximate surface area is 193 Å². The van der Waals surface area contributed by atoms with E-state index in [0.29, 0.717) is 31.5 Å². The van der Waals surface area contributed by atoms with Crippen molar-refractivity contribution in [3.63, 3.8) is 0 Å². The number of likely N-dealkylation sites (tertiary alicyclic amines) is 1. The number of benzene rings is 2. The average Bonchev–Trinajstić information content (AvgIpc) is 2.84. The number of hydrogen-bond acceptors (Lipinski definition) is 4. The van der Waals surface area contributed by atoms with Crippen LogP contribution in [0.5, 0.6) is 0 Å². The summed E-state index contributed by atoms with van der Waals surface area (Å²) < 4.78 is 14.2. The van der Waals surface area contributed by atoms with Crippen LogP contribution in [0, 0.1) is 11.2 Å². The second-order valence-electron chi connectivity index (χ2n) is 8.75. The summed E-state index contributed by atoms with van der Waals surface area (Å²) in [6, 6.07) is 14.3. The highest BCUT2D eigenvalue weighted by Crippen LogP contribution is 2.36. The third-order valence-corrected chi connectivity index (χ3v) is 6.19. The Morgan fingerprint density at radius 2 is 1.85 bits per heavy atom. The molecule has 0 spiro atoms. The molecular weight excluding hydrogens is 419 g/mol. The number of amides is 2. The van der Waals surface area contributed by atoms with Gasteiger partial charge in [-0.2, -0.15) is 0 Å². The van der Waals surface area contributed by atoms with Crippen molar-refractivity contribution < 1.29 is 14.0 Å². The molecule has 0 bridgehead atoms. The summed E-state index contributed by atoms with van der Waals surface area (Å²) in [5.74, 6) is -0.485. The number of carbonyl (C=O) groups is 2. The number of piperidine rings is 1. The van der Waals surface area contributed by atoms with Crippen molar-refractivity contribution in [2.75, 3.05) is 27.2 Å². The van der Waals surface area contributed by atoms with E-state index >= 15 is 0 Å². The third-order valence-electron chi connectivity index (χ3n) is 6.19. The Hall–Kier alpha value is -3.61. The summed E-state index contributed by atoms with van der Waals surface area (Å²) in [7, 11) is 3.49. The fourth-order valence-electron chi connectivity index (χ4n) is 4.63. The van der Waals surface area contributed by atoms with Crippen molar-refractivity contribution in [2.45, 2.75) is 19.3 Å². The van der Waals surface area contributed by atoms with E-state index in [1.54, 1.807) is 36.0 Å². The summed E-state index contributed by atoms with van der Waals surface area (Å²) in [6.45, 7) is 0.887. The van der Waals surface area contributed by atoms with Gasteiger partial charge < -0.3 is 9.80 Å². The summed E-state index contributed by atoms with van der Waals surface area (Å²) in [5.41, 5.74) is 1.84. The molecule has 6 nitrogen and oxygen atoms in total. The molecule has 2 heterocycles. The molecule has 0 aliphatic carbocycles. The number of halogens is 1. The van der Waals surface area contributed by atoms with Crippen LogP contribution in [-0.4, -0.2) is 58.8 Å². The van der Waals surface area contributed by atoms with Gasteiger partial charge in [-0.25, -0.2) is 9.37 Å². The first-order valence-corrected chi connectivity index (χ1v) is 11.0. The summed E-state index contributed by atoms with van der Waals surface area (Å²) in [6.07, 6.45) is 6.37. The summed E-state index contributed by atoms with van der Waals surface area (Å²) in [4.78, 5) is 37.8. The van der Waals surface area contributed by atoms with Gasteiger partial charge in [-0.3, -0.25) is 14.6 Å². The van der Waals surface area contributed by atoms with Crippen LogP contribution in [0.25, 0.3) is 11.1 Å². The Morgan fingerprint density at radius 1 is 1.09 bits per heavy atom. The van der Waals surface area contributed by atoms with Gasteiger partial charge in [0.1, 0.15) is 11.5 Å². The Bertz CT molecular complexity index is 1130. The van der Waals surface area contributed by atoms with Gasteiger partial charge >= 0.3 is 0 Å². The molecule has 1 aliphatic heterocycles. The van der Waals surface area contributed by atoms with Crippen LogP contribution in [0.3, 0.4) is 0 Å². The molecule has 1 atom stereocenters. The van der Waals surface area contributed by atoms with Crippen molar-refractivity contribution in [2.24, 2.45) is 5.41 Å². The minimum absolute atomic E-state index is 0.00248. The molecule has 0 N–H and O–H groups in total. The van der Waals surface area contributed by atoms with Crippen LogP contribution in [0.1, 0.15) is 28.9 Å². The van der Waals surface area contributed by atoms with Crippen LogP contribution >= 0.6 is 0 Å². The summed E-state index contributed by atoms with van der Waals surface area (Å²) in [5, 5.41) is 0. The maximum atomic E-state index is 14.2. The van der Waals surface area contributed by atoms with Gasteiger partial charge in [-0.1, -0.05) is 42.5 Å². The minimum Gasteiger partial charge on any atom is -0.348 e. The quantitative estimate of drug-likeness (QED) is 0.597. The van der Waals surface area contributed by atoms with Crippen molar-refractivity contribution in [3.05, 3.63) is 84.2 Å². The molecule has 1 aromatic heterocycles. The zero-order chi connectivity index (χ0) is 23.4. The van der Waals surface area contributed by atoms with Crippen LogP contribution in [-0.2, 0) is 11.2 Å². The lowest BCUT2D eigenvalue weighted by Gasteiger charge is -2.43. The van der Waals surface area contributed by atoms with E-state index in [1.165, 1.54) is 24.7 Å². The lowest BCUT2D eigenvalue weighted by atomic mass is 9.73. The Balaban J connectivity index is 1.60. The zero-order valence-electron chi connectivity index (χ0n) is 18.9. The fourth-order valence-corrected chi connectivity index (χ4v) is 4.63. The maximum Gasteiger partial charge on any atom is 0.274 e. The fraction of sp³-hybridized carbons (Fsp3) is 0.308. The van der Waals surface area contributed by atoms with Crippen molar-refractivity contribution in [3.8, 4) is 11.1 Å². The predicted molar refractivity (Wildman–Crippen MR) is 124 cm³/mol. The van der Waals surface area contributed by atoms with Gasteiger partial charge in [0, 0.05) is 45.1 Å². The first-order chi connectivity index (χ1) is 15.9. The second kappa shape index (κ2) is 9.48. The first-order valence-electron chi connectivity index (χ1n) is 11.0. The van der Waals surface area contributed by atoms with Gasteiger partial charge in [0.05, 0.1) is 11.6 Å². The van der Waals surface area contributed by atoms with E-state index < -0.39 is 5.41 Å². The standard InChI is InChI=1S/C26H27FN4O2/c1-30(2)25(33)26(12-5-15-31(18-26)24(32)23-17-28-13-14-29-23)16-19-8-10-20(11-9-19)21-6-3-4-7-22(21)27/h3-4,6-11,13-14,17H,5,12,15-16,18H2,1-2H3/t26-/m1/s1. The largest absolute Gasteiger partial charge is 0.348 e. The normalized spacial score (nSPS) is 18.1. The lowest BCUT2D eigenvalue weighted by Crippen LogP contribution is -2.54. The monoisotopic (exact) mass is 446 g/mol. The summed E-state index contributed by atoms with van der Waals surface area (Å²) >= 11 is 0. The molecule has 7 heteroatoms. The molecule has 33 heavy (non-hydrogen) atoms. The number of rotatable bonds is 5. The lowest BCUT2D eigenvalue weighted by molar-refractivity contribution is -0.142. The number of carbonyl (C=O) groups excluding carboxylic acids is 2. The van der Waals surface area contributed by atoms with Crippen molar-refractivity contribution >= 4 is 11.8 Å². The van der Waals surface area contributed by atoms with Gasteiger partial charge in [0.2, 0.25) is 5.91 Å². The van der Waals surface area contributed by atoms with E-state index in [4.69, 9.17) is 0 Å². The van der Waals surface area contributed by atoms with Crippen LogP contribution < -0.4 is 0 Å². The molecule has 0 saturated carbocycles. The highest BCUT2D eigenvalue weighted by atomic mass is 19.1. The number of hydrogen-bond donors (Lipinski definition) is 0. The van der Waals surface area contributed by atoms with E-state index in [9.17, 15) is 14.0 Å². The molecule has 2 aromatic carbocycles. The SMILES string of the molecule is CN(C)C(=O)[C@@]1(Cc2ccc(-c3ccccc3F)cc2)CCCN(C(=O)c2cnccn2)C1. The van der Waals surface area contributed by atoms with E-state index in [0.717, 1.165) is 17.5 Å². The van der Waals surface area contributed by atoms with Crippen LogP contribution in [0.15, 0.2) is 67.1 Å². The molecular formula is C26H27FN4O2. The van der Waals surface area contributed by atoms with Gasteiger partial charge in [0.15, 0.2) is 0 Å². The third kappa shape index (κ3) is 4.77. The Morgan fingerprint density at radius 3 is 2.52 bits per heavy atom. The van der Waals surface area contributed by atoms with Crippen molar-refractivity contribution in [1.82, 2.24) is 19.8 Å². The molecule has 3 aromatic rings. The smallest absolute Gasteiger partial charge is 0.274 e. The average molecular weight is 447 g/mol. The molecule has 1 aliphatic rings. The molecule has 1 fully saturated rings. The van der Waals surface area contributed by atoms with Gasteiger partial charge in [-0.15, -0.1) is 0 Å². The van der Waals surface area contributed by atoms with E-state index in [1.807, 2.05) is 30.3 Å².